The second-order valence-electron chi connectivity index (χ2n) is 8.54. The molecule has 2 aromatic rings. The van der Waals surface area contributed by atoms with Gasteiger partial charge in [-0.25, -0.2) is 19.7 Å². The lowest BCUT2D eigenvalue weighted by atomic mass is 10.1. The molecule has 1 saturated heterocycles. The van der Waals surface area contributed by atoms with Crippen LogP contribution in [0.15, 0.2) is 12.1 Å². The van der Waals surface area contributed by atoms with Crippen LogP contribution in [-0.2, 0) is 11.2 Å². The number of aromatic nitrogens is 2. The summed E-state index contributed by atoms with van der Waals surface area (Å²) >= 11 is 1.09. The minimum atomic E-state index is -0.693. The summed E-state index contributed by atoms with van der Waals surface area (Å²) < 4.78 is 20.1. The minimum absolute atomic E-state index is 0.193. The molecule has 0 bridgehead atoms. The molecular weight excluding hydrogens is 407 g/mol. The fraction of sp³-hybridized carbons (Fsp3) is 0.524. The molecule has 2 amide bonds. The van der Waals surface area contributed by atoms with Gasteiger partial charge in [0.15, 0.2) is 0 Å². The van der Waals surface area contributed by atoms with Gasteiger partial charge in [-0.15, -0.1) is 11.3 Å². The summed E-state index contributed by atoms with van der Waals surface area (Å²) in [7, 11) is 0. The van der Waals surface area contributed by atoms with Gasteiger partial charge in [0.25, 0.3) is 5.91 Å². The van der Waals surface area contributed by atoms with Crippen molar-refractivity contribution < 1.29 is 18.7 Å². The third kappa shape index (κ3) is 4.16. The third-order valence-electron chi connectivity index (χ3n) is 5.07. The van der Waals surface area contributed by atoms with Crippen molar-refractivity contribution in [3.05, 3.63) is 28.7 Å². The molecule has 0 aromatic carbocycles. The summed E-state index contributed by atoms with van der Waals surface area (Å²) in [5, 5.41) is 0.398. The SMILES string of the molecule is CC(C)(C)OC(=O)N1CCc2nc(-c3ccc(N4CCCCC4)nc3F)sc2C1=O. The number of imide groups is 1. The molecule has 1 fully saturated rings. The molecule has 2 aliphatic heterocycles. The van der Waals surface area contributed by atoms with Crippen molar-refractivity contribution in [1.29, 1.82) is 0 Å². The van der Waals surface area contributed by atoms with Crippen molar-refractivity contribution in [1.82, 2.24) is 14.9 Å². The minimum Gasteiger partial charge on any atom is -0.443 e. The molecule has 0 aliphatic carbocycles. The van der Waals surface area contributed by atoms with Crippen LogP contribution in [-0.4, -0.2) is 52.1 Å². The molecule has 0 N–H and O–H groups in total. The van der Waals surface area contributed by atoms with E-state index in [2.05, 4.69) is 14.9 Å². The highest BCUT2D eigenvalue weighted by molar-refractivity contribution is 7.17. The van der Waals surface area contributed by atoms with E-state index in [9.17, 15) is 14.0 Å². The van der Waals surface area contributed by atoms with E-state index in [-0.39, 0.29) is 12.1 Å². The van der Waals surface area contributed by atoms with E-state index in [0.717, 1.165) is 42.2 Å². The van der Waals surface area contributed by atoms with E-state index in [1.54, 1.807) is 32.9 Å². The van der Waals surface area contributed by atoms with Gasteiger partial charge in [-0.3, -0.25) is 4.79 Å². The fourth-order valence-electron chi connectivity index (χ4n) is 3.62. The zero-order valence-corrected chi connectivity index (χ0v) is 18.2. The summed E-state index contributed by atoms with van der Waals surface area (Å²) in [6.07, 6.45) is 3.10. The summed E-state index contributed by atoms with van der Waals surface area (Å²) in [6.45, 7) is 7.20. The first kappa shape index (κ1) is 20.7. The number of pyridine rings is 1. The highest BCUT2D eigenvalue weighted by Crippen LogP contribution is 2.34. The molecule has 7 nitrogen and oxygen atoms in total. The van der Waals surface area contributed by atoms with Crippen molar-refractivity contribution in [2.75, 3.05) is 24.5 Å². The summed E-state index contributed by atoms with van der Waals surface area (Å²) in [6, 6.07) is 3.48. The quantitative estimate of drug-likeness (QED) is 0.660. The maximum atomic E-state index is 14.8. The van der Waals surface area contributed by atoms with Crippen LogP contribution in [0.1, 0.15) is 55.4 Å². The van der Waals surface area contributed by atoms with Crippen molar-refractivity contribution in [3.8, 4) is 10.6 Å². The van der Waals surface area contributed by atoms with E-state index in [4.69, 9.17) is 4.74 Å². The van der Waals surface area contributed by atoms with Crippen LogP contribution < -0.4 is 4.90 Å². The maximum Gasteiger partial charge on any atom is 0.417 e. The zero-order valence-electron chi connectivity index (χ0n) is 17.4. The van der Waals surface area contributed by atoms with Crippen molar-refractivity contribution in [3.63, 3.8) is 0 Å². The molecule has 0 atom stereocenters. The zero-order chi connectivity index (χ0) is 21.5. The molecule has 160 valence electrons. The number of anilines is 1. The van der Waals surface area contributed by atoms with Crippen LogP contribution in [0.4, 0.5) is 15.0 Å². The van der Waals surface area contributed by atoms with Crippen LogP contribution in [0.5, 0.6) is 0 Å². The van der Waals surface area contributed by atoms with Gasteiger partial charge in [0.05, 0.1) is 11.3 Å². The molecule has 0 radical (unpaired) electrons. The van der Waals surface area contributed by atoms with Crippen LogP contribution >= 0.6 is 11.3 Å². The summed E-state index contributed by atoms with van der Waals surface area (Å²) in [4.78, 5) is 37.3. The third-order valence-corrected chi connectivity index (χ3v) is 6.19. The average molecular weight is 433 g/mol. The highest BCUT2D eigenvalue weighted by atomic mass is 32.1. The highest BCUT2D eigenvalue weighted by Gasteiger charge is 2.35. The molecule has 2 aliphatic rings. The Labute approximate surface area is 178 Å². The number of piperidine rings is 1. The van der Waals surface area contributed by atoms with Crippen molar-refractivity contribution in [2.24, 2.45) is 0 Å². The smallest absolute Gasteiger partial charge is 0.417 e. The fourth-order valence-corrected chi connectivity index (χ4v) is 4.69. The molecule has 0 unspecified atom stereocenters. The molecule has 9 heteroatoms. The normalized spacial score (nSPS) is 17.1. The van der Waals surface area contributed by atoms with Gasteiger partial charge in [-0.1, -0.05) is 0 Å². The predicted octanol–water partition coefficient (Wildman–Crippen LogP) is 4.27. The molecule has 2 aromatic heterocycles. The lowest BCUT2D eigenvalue weighted by molar-refractivity contribution is 0.0235. The number of hydrogen-bond donors (Lipinski definition) is 0. The number of fused-ring (bicyclic) bond motifs is 1. The van der Waals surface area contributed by atoms with Gasteiger partial charge < -0.3 is 9.64 Å². The number of carbonyl (C=O) groups is 2. The average Bonchev–Trinajstić information content (AvgIpc) is 3.12. The van der Waals surface area contributed by atoms with Crippen molar-refractivity contribution in [2.45, 2.75) is 52.1 Å². The Bertz CT molecular complexity index is 979. The van der Waals surface area contributed by atoms with Gasteiger partial charge in [0, 0.05) is 26.1 Å². The predicted molar refractivity (Wildman–Crippen MR) is 112 cm³/mol. The Morgan fingerprint density at radius 2 is 1.87 bits per heavy atom. The Hall–Kier alpha value is -2.55. The largest absolute Gasteiger partial charge is 0.443 e. The number of halogens is 1. The van der Waals surface area contributed by atoms with Gasteiger partial charge in [-0.05, 0) is 52.2 Å². The number of rotatable bonds is 2. The topological polar surface area (TPSA) is 75.6 Å². The molecular formula is C21H25FN4O3S. The molecule has 4 heterocycles. The van der Waals surface area contributed by atoms with E-state index >= 15 is 0 Å². The summed E-state index contributed by atoms with van der Waals surface area (Å²) in [5.41, 5.74) is 0.160. The Kier molecular flexibility index (Phi) is 5.48. The van der Waals surface area contributed by atoms with Gasteiger partial charge in [0.1, 0.15) is 21.3 Å². The van der Waals surface area contributed by atoms with Crippen LogP contribution in [0.3, 0.4) is 0 Å². The standard InChI is InChI=1S/C21H25FN4O3S/c1-21(2,3)29-20(28)26-12-9-14-16(19(26)27)30-18(23-14)13-7-8-15(24-17(13)22)25-10-5-4-6-11-25/h7-8H,4-6,9-12H2,1-3H3. The first-order valence-corrected chi connectivity index (χ1v) is 11.0. The molecule has 30 heavy (non-hydrogen) atoms. The van der Waals surface area contributed by atoms with E-state index in [1.165, 1.54) is 6.42 Å². The Morgan fingerprint density at radius 3 is 2.53 bits per heavy atom. The number of ether oxygens (including phenoxy) is 1. The van der Waals surface area contributed by atoms with Crippen molar-refractivity contribution >= 4 is 29.2 Å². The van der Waals surface area contributed by atoms with Gasteiger partial charge in [0.2, 0.25) is 5.95 Å². The Balaban J connectivity index is 1.56. The second-order valence-corrected chi connectivity index (χ2v) is 9.54. The number of carbonyl (C=O) groups excluding carboxylic acids is 2. The monoisotopic (exact) mass is 432 g/mol. The first-order valence-electron chi connectivity index (χ1n) is 10.2. The lowest BCUT2D eigenvalue weighted by Gasteiger charge is -2.27. The van der Waals surface area contributed by atoms with E-state index in [1.807, 2.05) is 0 Å². The van der Waals surface area contributed by atoms with E-state index in [0.29, 0.717) is 27.8 Å². The van der Waals surface area contributed by atoms with Crippen LogP contribution in [0, 0.1) is 5.95 Å². The van der Waals surface area contributed by atoms with Crippen LogP contribution in [0.25, 0.3) is 10.6 Å². The lowest BCUT2D eigenvalue weighted by Crippen LogP contribution is -2.44. The number of hydrogen-bond acceptors (Lipinski definition) is 7. The first-order chi connectivity index (χ1) is 14.2. The Morgan fingerprint density at radius 1 is 1.13 bits per heavy atom. The van der Waals surface area contributed by atoms with Crippen LogP contribution in [0.2, 0.25) is 0 Å². The van der Waals surface area contributed by atoms with Gasteiger partial charge >= 0.3 is 6.09 Å². The molecule has 4 rings (SSSR count). The number of thiazole rings is 1. The van der Waals surface area contributed by atoms with E-state index < -0.39 is 23.5 Å². The number of nitrogens with zero attached hydrogens (tertiary/aromatic N) is 4. The molecule has 0 spiro atoms. The maximum absolute atomic E-state index is 14.8. The van der Waals surface area contributed by atoms with Gasteiger partial charge in [-0.2, -0.15) is 4.39 Å². The number of amides is 2. The summed E-state index contributed by atoms with van der Waals surface area (Å²) in [5.74, 6) is -0.419. The molecule has 0 saturated carbocycles. The second kappa shape index (κ2) is 7.94.